The molecule has 2 fully saturated rings. The molecule has 2 aromatic heterocycles. The van der Waals surface area contributed by atoms with E-state index in [2.05, 4.69) is 78.8 Å². The van der Waals surface area contributed by atoms with Crippen molar-refractivity contribution in [2.45, 2.75) is 216 Å². The Morgan fingerprint density at radius 1 is 0.545 bits per heavy atom. The lowest BCUT2D eigenvalue weighted by atomic mass is 9.97. The van der Waals surface area contributed by atoms with Gasteiger partial charge in [0.2, 0.25) is 100 Å². The topological polar surface area (TPSA) is 614 Å². The van der Waals surface area contributed by atoms with Crippen molar-refractivity contribution >= 4 is 140 Å². The zero-order chi connectivity index (χ0) is 96.4. The number of aliphatic hydroxyl groups is 1. The Bertz CT molecular complexity index is 5050. The Morgan fingerprint density at radius 2 is 1.13 bits per heavy atom. The van der Waals surface area contributed by atoms with Crippen molar-refractivity contribution in [3.05, 3.63) is 138 Å². The molecule has 0 aliphatic carbocycles. The molecule has 2 aliphatic rings. The molecule has 0 spiro atoms. The molecule has 41 nitrogen and oxygen atoms in total. The second kappa shape index (κ2) is 51.2. The third-order valence-corrected chi connectivity index (χ3v) is 23.8. The highest BCUT2D eigenvalue weighted by Gasteiger charge is 2.44. The second-order valence-electron chi connectivity index (χ2n) is 33.5. The van der Waals surface area contributed by atoms with Gasteiger partial charge in [-0.15, -0.1) is 11.8 Å². The van der Waals surface area contributed by atoms with Crippen molar-refractivity contribution in [2.75, 3.05) is 65.4 Å². The number of hydrogen-bond donors (Lipinski definition) is 19. The molecule has 132 heavy (non-hydrogen) atoms. The van der Waals surface area contributed by atoms with Crippen molar-refractivity contribution in [3.63, 3.8) is 0 Å². The van der Waals surface area contributed by atoms with Crippen molar-refractivity contribution in [3.8, 4) is 0 Å². The standard InChI is InChI=1S/C90H125N23O18S/c1-9-11-32-70-84(126)103-61(31-21-35-96-90(93)94)79(121)109-69(78(120)98-45-74(92)116)48-132-49-76(118)102-62(38-53-23-14-13-15-24-53)80(122)100-52(5)77(119)105-67(42-73(91)115)88(130)113-36-22-34-71(113)85(127)104-64(41-57-44-95-50-99-57)82(124)106-65(37-51(3)4)86(128)110(6)46-75(117)101-63(40-56-43-97-60-30-19-18-29-59(56)60)81(123)108-68(47-114)83(125)107-66(39-55-27-20-26-54-25-16-17-28-58(54)55)87(129)112(8)72(33-12-10-2)89(131)111(70)7/h13-20,23-30,43-44,50-52,61-72,97,114H,9-12,21-22,31-42,45-49H2,1-8H3,(H2,91,115)(H2,92,116)(H,95,99)(H,98,120)(H,100,122)(H,101,117)(H,102,118)(H,103,126)(H,104,127)(H,105,119)(H,106,124)(H,107,125)(H,108,123)(H,109,121)(H4,93,94,96)/t52-,61-,62-,63-,64-,65-,66-,67-,68-,69+,70-,71-,72-/m0/s1. The maximum absolute atomic E-state index is 15.8. The van der Waals surface area contributed by atoms with Crippen LogP contribution in [0.1, 0.15) is 134 Å². The monoisotopic (exact) mass is 1850 g/mol. The predicted octanol–water partition coefficient (Wildman–Crippen LogP) is -1.81. The molecule has 42 heteroatoms. The van der Waals surface area contributed by atoms with E-state index in [1.54, 1.807) is 92.8 Å². The summed E-state index contributed by atoms with van der Waals surface area (Å²) in [5.41, 5.74) is 19.4. The summed E-state index contributed by atoms with van der Waals surface area (Å²) in [6.45, 7) is 5.87. The van der Waals surface area contributed by atoms with Crippen LogP contribution in [0.5, 0.6) is 0 Å². The van der Waals surface area contributed by atoms with Crippen LogP contribution >= 0.6 is 11.8 Å². The van der Waals surface area contributed by atoms with Crippen LogP contribution in [0.25, 0.3) is 21.7 Å². The molecule has 0 saturated carbocycles. The normalized spacial score (nSPS) is 23.4. The summed E-state index contributed by atoms with van der Waals surface area (Å²) in [6, 6.07) is 8.26. The van der Waals surface area contributed by atoms with Gasteiger partial charge in [0.15, 0.2) is 5.96 Å². The SMILES string of the molecule is CCCC[C@H]1C(=O)N(C)[C@@H](CCCC)C(=O)N[C@@H](CCCNC(=N)N)C(=O)N[C@@H](C(=O)NCC(N)=O)CSCC(=O)N[C@@H](Cc2ccccc2)C(=O)N[C@@H](C)C(=O)N[C@@H](CC(N)=O)C(=O)N2CCC[C@H]2C(=O)N[C@@H](Cc2cnc[nH]2)C(=O)N[C@@H](CC(C)C)C(=O)N(C)CC(=O)N[C@@H](Cc2c[nH]c3ccccc23)C(=O)N[C@@H](CO)C(=O)N[C@@H](Cc2cccc3ccccc23)C(=O)N1C. The van der Waals surface area contributed by atoms with Crippen LogP contribution in [0.2, 0.25) is 0 Å². The highest BCUT2D eigenvalue weighted by atomic mass is 32.2. The number of rotatable bonds is 26. The molecule has 8 rings (SSSR count). The smallest absolute Gasteiger partial charge is 0.246 e. The number of likely N-dealkylation sites (N-methyl/N-ethyl adjacent to an activating group) is 3. The number of guanidine groups is 1. The van der Waals surface area contributed by atoms with Gasteiger partial charge in [0.25, 0.3) is 0 Å². The first kappa shape index (κ1) is 104. The van der Waals surface area contributed by atoms with Gasteiger partial charge in [0.05, 0.1) is 38.2 Å². The number of fused-ring (bicyclic) bond motifs is 3. The third-order valence-electron chi connectivity index (χ3n) is 22.8. The maximum Gasteiger partial charge on any atom is 0.246 e. The summed E-state index contributed by atoms with van der Waals surface area (Å²) < 4.78 is 0. The lowest BCUT2D eigenvalue weighted by Gasteiger charge is -2.36. The summed E-state index contributed by atoms with van der Waals surface area (Å²) in [5, 5.41) is 52.7. The fourth-order valence-electron chi connectivity index (χ4n) is 15.7. The number of hydrogen-bond acceptors (Lipinski definition) is 21. The number of aromatic amines is 2. The van der Waals surface area contributed by atoms with Gasteiger partial charge in [0, 0.05) is 94.7 Å². The number of nitrogens with two attached hydrogens (primary N) is 3. The highest BCUT2D eigenvalue weighted by Crippen LogP contribution is 2.26. The molecular weight excluding hydrogens is 1720 g/mol. The van der Waals surface area contributed by atoms with Crippen molar-refractivity contribution in [2.24, 2.45) is 23.1 Å². The molecule has 2 saturated heterocycles. The Morgan fingerprint density at radius 3 is 1.80 bits per heavy atom. The largest absolute Gasteiger partial charge is 0.394 e. The van der Waals surface area contributed by atoms with E-state index in [0.717, 1.165) is 36.7 Å². The number of unbranched alkanes of at least 4 members (excludes halogenated alkanes) is 2. The van der Waals surface area contributed by atoms with Gasteiger partial charge in [-0.2, -0.15) is 0 Å². The van der Waals surface area contributed by atoms with Gasteiger partial charge in [-0.3, -0.25) is 86.9 Å². The van der Waals surface area contributed by atoms with E-state index in [1.807, 2.05) is 38.1 Å². The molecule has 714 valence electrons. The number of nitrogens with one attached hydrogen (secondary N) is 15. The Hall–Kier alpha value is -13.5. The van der Waals surface area contributed by atoms with Crippen LogP contribution < -0.4 is 81.0 Å². The number of H-pyrrole nitrogens is 2. The summed E-state index contributed by atoms with van der Waals surface area (Å²) >= 11 is 0.788. The van der Waals surface area contributed by atoms with Crippen LogP contribution in [-0.2, 0) is 107 Å². The average molecular weight is 1850 g/mol. The minimum absolute atomic E-state index is 0.00137. The van der Waals surface area contributed by atoms with Gasteiger partial charge in [-0.1, -0.05) is 144 Å². The number of benzene rings is 4. The number of carbonyl (C=O) groups is 17. The Labute approximate surface area is 769 Å². The molecule has 4 aromatic carbocycles. The molecule has 6 aromatic rings. The van der Waals surface area contributed by atoms with Crippen LogP contribution in [0.3, 0.4) is 0 Å². The van der Waals surface area contributed by atoms with Gasteiger partial charge in [-0.05, 0) is 91.3 Å². The first-order valence-electron chi connectivity index (χ1n) is 44.2. The van der Waals surface area contributed by atoms with Gasteiger partial charge in [0.1, 0.15) is 78.5 Å². The zero-order valence-corrected chi connectivity index (χ0v) is 76.4. The Balaban J connectivity index is 1.18. The number of carbonyl (C=O) groups excluding carboxylic acids is 17. The van der Waals surface area contributed by atoms with Gasteiger partial charge >= 0.3 is 0 Å². The number of para-hydroxylation sites is 1. The number of imidazole rings is 1. The van der Waals surface area contributed by atoms with Crippen LogP contribution in [0.15, 0.2) is 116 Å². The molecular formula is C90H125N23O18S. The number of aliphatic hydroxyl groups excluding tert-OH is 1. The van der Waals surface area contributed by atoms with Gasteiger partial charge < -0.3 is 116 Å². The number of primary amides is 2. The third kappa shape index (κ3) is 30.8. The highest BCUT2D eigenvalue weighted by molar-refractivity contribution is 8.00. The predicted molar refractivity (Wildman–Crippen MR) is 491 cm³/mol. The van der Waals surface area contributed by atoms with E-state index in [9.17, 15) is 62.6 Å². The van der Waals surface area contributed by atoms with Crippen LogP contribution in [0.4, 0.5) is 0 Å². The lowest BCUT2D eigenvalue weighted by molar-refractivity contribution is -0.149. The van der Waals surface area contributed by atoms with Crippen molar-refractivity contribution in [1.82, 2.24) is 98.4 Å². The number of aromatic nitrogens is 3. The first-order valence-corrected chi connectivity index (χ1v) is 45.4. The minimum Gasteiger partial charge on any atom is -0.394 e. The fraction of sp³-hybridized carbons (Fsp3) is 0.500. The first-order chi connectivity index (χ1) is 63.0. The van der Waals surface area contributed by atoms with Gasteiger partial charge in [-0.25, -0.2) is 4.98 Å². The molecule has 2 aliphatic heterocycles. The second-order valence-corrected chi connectivity index (χ2v) is 34.6. The van der Waals surface area contributed by atoms with E-state index in [0.29, 0.717) is 64.4 Å². The fourth-order valence-corrected chi connectivity index (χ4v) is 16.6. The van der Waals surface area contributed by atoms with E-state index in [1.165, 1.54) is 40.6 Å². The molecule has 0 bridgehead atoms. The van der Waals surface area contributed by atoms with E-state index in [-0.39, 0.29) is 89.6 Å². The molecule has 13 atom stereocenters. The maximum atomic E-state index is 15.8. The summed E-state index contributed by atoms with van der Waals surface area (Å²) in [6.07, 6.45) is 4.37. The number of amides is 17. The molecule has 4 heterocycles. The molecule has 0 unspecified atom stereocenters. The molecule has 22 N–H and O–H groups in total. The molecule has 17 amide bonds. The zero-order valence-electron chi connectivity index (χ0n) is 75.6. The van der Waals surface area contributed by atoms with E-state index >= 15 is 24.0 Å². The summed E-state index contributed by atoms with van der Waals surface area (Å²) in [4.78, 5) is 262. The average Bonchev–Trinajstić information content (AvgIpc) is 1.24. The van der Waals surface area contributed by atoms with Crippen LogP contribution in [0, 0.1) is 11.3 Å². The van der Waals surface area contributed by atoms with Crippen molar-refractivity contribution < 1.29 is 86.6 Å². The Kier molecular flexibility index (Phi) is 40.2. The summed E-state index contributed by atoms with van der Waals surface area (Å²) in [7, 11) is 4.00. The summed E-state index contributed by atoms with van der Waals surface area (Å²) in [5.74, 6) is -17.3. The number of thioether (sulfide) groups is 1. The van der Waals surface area contributed by atoms with Crippen LogP contribution in [-0.4, -0.2) is 290 Å². The quantitative estimate of drug-likeness (QED) is 0.0162. The molecule has 0 radical (unpaired) electrons. The number of nitrogens with zero attached hydrogens (tertiary/aromatic N) is 5. The van der Waals surface area contributed by atoms with E-state index < -0.39 is 223 Å². The van der Waals surface area contributed by atoms with Crippen molar-refractivity contribution in [1.29, 1.82) is 5.41 Å². The lowest BCUT2D eigenvalue weighted by Crippen LogP contribution is -2.61. The minimum atomic E-state index is -1.85. The van der Waals surface area contributed by atoms with E-state index in [4.69, 9.17) is 22.6 Å².